The van der Waals surface area contributed by atoms with Crippen LogP contribution in [0.5, 0.6) is 0 Å². The molecule has 1 saturated heterocycles. The fourth-order valence-electron chi connectivity index (χ4n) is 2.62. The van der Waals surface area contributed by atoms with E-state index in [1.165, 1.54) is 24.2 Å². The number of hydrogen-bond donors (Lipinski definition) is 2. The predicted octanol–water partition coefficient (Wildman–Crippen LogP) is 2.83. The number of nitrogens with one attached hydrogen (secondary N) is 2. The summed E-state index contributed by atoms with van der Waals surface area (Å²) < 4.78 is 0.213. The summed E-state index contributed by atoms with van der Waals surface area (Å²) in [4.78, 5) is 14.0. The fraction of sp³-hybridized carbons (Fsp3) is 0.588. The molecule has 122 valence electrons. The number of urea groups is 1. The van der Waals surface area contributed by atoms with Crippen molar-refractivity contribution in [2.45, 2.75) is 37.6 Å². The summed E-state index contributed by atoms with van der Waals surface area (Å²) in [5.41, 5.74) is 2.41. The summed E-state index contributed by atoms with van der Waals surface area (Å²) in [6.45, 7) is 4.47. The van der Waals surface area contributed by atoms with E-state index < -0.39 is 0 Å². The highest BCUT2D eigenvalue weighted by atomic mass is 32.2. The molecule has 22 heavy (non-hydrogen) atoms. The van der Waals surface area contributed by atoms with Crippen LogP contribution in [-0.2, 0) is 13.1 Å². The molecule has 2 amide bonds. The van der Waals surface area contributed by atoms with Gasteiger partial charge in [0.05, 0.1) is 0 Å². The second-order valence-electron chi connectivity index (χ2n) is 6.49. The topological polar surface area (TPSA) is 44.4 Å². The maximum Gasteiger partial charge on any atom is 0.315 e. The normalized spacial score (nSPS) is 21.1. The van der Waals surface area contributed by atoms with Crippen LogP contribution in [0.4, 0.5) is 4.79 Å². The van der Waals surface area contributed by atoms with Gasteiger partial charge >= 0.3 is 6.03 Å². The standard InChI is InChI=1S/C17H27N3OS/c1-17(9-4-10-22-17)13-19-16(21)18-11-14-5-7-15(8-6-14)12-20(2)3/h5-8H,4,9-13H2,1-3H3,(H2,18,19,21). The molecule has 2 N–H and O–H groups in total. The smallest absolute Gasteiger partial charge is 0.315 e. The fourth-order valence-corrected chi connectivity index (χ4v) is 3.86. The van der Waals surface area contributed by atoms with E-state index in [1.807, 2.05) is 11.8 Å². The molecule has 0 aliphatic carbocycles. The molecule has 1 aromatic rings. The zero-order valence-corrected chi connectivity index (χ0v) is 14.6. The third-order valence-electron chi connectivity index (χ3n) is 3.90. The third-order valence-corrected chi connectivity index (χ3v) is 5.44. The number of carbonyl (C=O) groups excluding carboxylic acids is 1. The number of thioether (sulfide) groups is 1. The molecule has 4 nitrogen and oxygen atoms in total. The Morgan fingerprint density at radius 3 is 2.50 bits per heavy atom. The van der Waals surface area contributed by atoms with Crippen molar-refractivity contribution in [3.63, 3.8) is 0 Å². The van der Waals surface area contributed by atoms with Crippen LogP contribution < -0.4 is 10.6 Å². The highest BCUT2D eigenvalue weighted by Crippen LogP contribution is 2.36. The molecule has 1 heterocycles. The Labute approximate surface area is 138 Å². The van der Waals surface area contributed by atoms with E-state index >= 15 is 0 Å². The average Bonchev–Trinajstić information content (AvgIpc) is 2.91. The quantitative estimate of drug-likeness (QED) is 0.847. The SMILES string of the molecule is CN(C)Cc1ccc(CNC(=O)NCC2(C)CCCS2)cc1. The van der Waals surface area contributed by atoms with Crippen molar-refractivity contribution < 1.29 is 4.79 Å². The monoisotopic (exact) mass is 321 g/mol. The molecule has 2 rings (SSSR count). The minimum absolute atomic E-state index is 0.0777. The van der Waals surface area contributed by atoms with Gasteiger partial charge in [-0.15, -0.1) is 0 Å². The van der Waals surface area contributed by atoms with Gasteiger partial charge in [0.2, 0.25) is 0 Å². The largest absolute Gasteiger partial charge is 0.337 e. The third kappa shape index (κ3) is 5.54. The number of benzene rings is 1. The van der Waals surface area contributed by atoms with Crippen LogP contribution in [0.25, 0.3) is 0 Å². The van der Waals surface area contributed by atoms with Gasteiger partial charge in [0.15, 0.2) is 0 Å². The van der Waals surface area contributed by atoms with E-state index in [0.717, 1.165) is 18.7 Å². The van der Waals surface area contributed by atoms with Gasteiger partial charge < -0.3 is 15.5 Å². The van der Waals surface area contributed by atoms with Gasteiger partial charge in [0.1, 0.15) is 0 Å². The van der Waals surface area contributed by atoms with Crippen LogP contribution in [0.1, 0.15) is 30.9 Å². The second-order valence-corrected chi connectivity index (χ2v) is 8.17. The summed E-state index contributed by atoms with van der Waals surface area (Å²) >= 11 is 1.96. The first-order valence-electron chi connectivity index (χ1n) is 7.85. The highest BCUT2D eigenvalue weighted by Gasteiger charge is 2.29. The average molecular weight is 321 g/mol. The minimum atomic E-state index is -0.0777. The molecule has 5 heteroatoms. The van der Waals surface area contributed by atoms with Crippen LogP contribution in [0.3, 0.4) is 0 Å². The van der Waals surface area contributed by atoms with E-state index in [-0.39, 0.29) is 10.8 Å². The molecule has 1 aromatic carbocycles. The van der Waals surface area contributed by atoms with Crippen molar-refractivity contribution >= 4 is 17.8 Å². The lowest BCUT2D eigenvalue weighted by Crippen LogP contribution is -2.42. The number of rotatable bonds is 6. The minimum Gasteiger partial charge on any atom is -0.337 e. The Bertz CT molecular complexity index is 481. The van der Waals surface area contributed by atoms with E-state index in [0.29, 0.717) is 6.54 Å². The summed E-state index contributed by atoms with van der Waals surface area (Å²) in [5.74, 6) is 1.21. The van der Waals surface area contributed by atoms with Crippen molar-refractivity contribution in [1.82, 2.24) is 15.5 Å². The van der Waals surface area contributed by atoms with E-state index in [2.05, 4.69) is 60.8 Å². The Morgan fingerprint density at radius 2 is 1.91 bits per heavy atom. The van der Waals surface area contributed by atoms with Crippen LogP contribution in [0.2, 0.25) is 0 Å². The molecular formula is C17H27N3OS. The van der Waals surface area contributed by atoms with E-state index in [9.17, 15) is 4.79 Å². The van der Waals surface area contributed by atoms with Gasteiger partial charge in [-0.05, 0) is 50.7 Å². The molecule has 0 aromatic heterocycles. The van der Waals surface area contributed by atoms with E-state index in [1.54, 1.807) is 0 Å². The molecule has 1 fully saturated rings. The summed E-state index contributed by atoms with van der Waals surface area (Å²) in [6.07, 6.45) is 2.44. The first-order chi connectivity index (χ1) is 10.5. The molecule has 1 aliphatic rings. The van der Waals surface area contributed by atoms with Gasteiger partial charge in [0.25, 0.3) is 0 Å². The zero-order valence-electron chi connectivity index (χ0n) is 13.8. The van der Waals surface area contributed by atoms with Crippen LogP contribution in [0, 0.1) is 0 Å². The Hall–Kier alpha value is -1.20. The zero-order chi connectivity index (χ0) is 16.0. The molecule has 1 aliphatic heterocycles. The lowest BCUT2D eigenvalue weighted by molar-refractivity contribution is 0.239. The molecular weight excluding hydrogens is 294 g/mol. The first kappa shape index (κ1) is 17.2. The second kappa shape index (κ2) is 7.88. The van der Waals surface area contributed by atoms with Gasteiger partial charge in [-0.1, -0.05) is 24.3 Å². The number of hydrogen-bond acceptors (Lipinski definition) is 3. The van der Waals surface area contributed by atoms with Crippen LogP contribution in [0.15, 0.2) is 24.3 Å². The summed E-state index contributed by atoms with van der Waals surface area (Å²) in [7, 11) is 4.12. The van der Waals surface area contributed by atoms with Gasteiger partial charge in [0, 0.05) is 24.4 Å². The summed E-state index contributed by atoms with van der Waals surface area (Å²) in [6, 6.07) is 8.31. The highest BCUT2D eigenvalue weighted by molar-refractivity contribution is 8.00. The van der Waals surface area contributed by atoms with Gasteiger partial charge in [-0.25, -0.2) is 4.79 Å². The Morgan fingerprint density at radius 1 is 1.23 bits per heavy atom. The lowest BCUT2D eigenvalue weighted by Gasteiger charge is -2.22. The summed E-state index contributed by atoms with van der Waals surface area (Å²) in [5, 5.41) is 5.93. The van der Waals surface area contributed by atoms with Crippen molar-refractivity contribution in [1.29, 1.82) is 0 Å². The maximum atomic E-state index is 11.9. The maximum absolute atomic E-state index is 11.9. The molecule has 0 saturated carbocycles. The number of nitrogens with zero attached hydrogens (tertiary/aromatic N) is 1. The van der Waals surface area contributed by atoms with Crippen molar-refractivity contribution in [2.24, 2.45) is 0 Å². The van der Waals surface area contributed by atoms with Gasteiger partial charge in [-0.3, -0.25) is 0 Å². The van der Waals surface area contributed by atoms with Crippen LogP contribution in [-0.4, -0.2) is 42.1 Å². The van der Waals surface area contributed by atoms with Crippen molar-refractivity contribution in [3.8, 4) is 0 Å². The van der Waals surface area contributed by atoms with Crippen molar-refractivity contribution in [3.05, 3.63) is 35.4 Å². The molecule has 0 spiro atoms. The molecule has 0 radical (unpaired) electrons. The molecule has 1 unspecified atom stereocenters. The predicted molar refractivity (Wildman–Crippen MR) is 94.2 cm³/mol. The lowest BCUT2D eigenvalue weighted by atomic mass is 10.1. The van der Waals surface area contributed by atoms with E-state index in [4.69, 9.17) is 0 Å². The first-order valence-corrected chi connectivity index (χ1v) is 8.84. The molecule has 1 atom stereocenters. The van der Waals surface area contributed by atoms with Gasteiger partial charge in [-0.2, -0.15) is 11.8 Å². The molecule has 0 bridgehead atoms. The number of amides is 2. The number of carbonyl (C=O) groups is 1. The van der Waals surface area contributed by atoms with Crippen LogP contribution >= 0.6 is 11.8 Å². The Kier molecular flexibility index (Phi) is 6.15. The van der Waals surface area contributed by atoms with Crippen molar-refractivity contribution in [2.75, 3.05) is 26.4 Å². The Balaban J connectivity index is 1.71.